The van der Waals surface area contributed by atoms with Crippen LogP contribution in [0.1, 0.15) is 119 Å². The summed E-state index contributed by atoms with van der Waals surface area (Å²) in [6.45, 7) is 16.0. The Hall–Kier alpha value is -0.610. The second-order valence-electron chi connectivity index (χ2n) is 14.5. The number of carbonyl (C=O) groups excluding carboxylic acids is 1. The molecule has 0 spiro atoms. The van der Waals surface area contributed by atoms with Gasteiger partial charge in [-0.1, -0.05) is 53.9 Å². The SMILES string of the molecule is CC(=O)O[C@H]1CC[C@]2(C)C3CC[C@@]4(C)C(CC[C@@H]4[C@H](C)CCCC(C)C)C3C(NCCCN)C[C@H]2C1. The van der Waals surface area contributed by atoms with E-state index in [9.17, 15) is 4.79 Å². The van der Waals surface area contributed by atoms with Crippen LogP contribution in [-0.2, 0) is 9.53 Å². The highest BCUT2D eigenvalue weighted by atomic mass is 16.5. The van der Waals surface area contributed by atoms with E-state index in [0.717, 1.165) is 67.9 Å². The van der Waals surface area contributed by atoms with Crippen LogP contribution in [0.5, 0.6) is 0 Å². The Morgan fingerprint density at radius 3 is 2.39 bits per heavy atom. The van der Waals surface area contributed by atoms with E-state index in [2.05, 4.69) is 39.9 Å². The molecule has 0 bridgehead atoms. The average molecular weight is 503 g/mol. The Bertz CT molecular complexity index is 740. The number of hydrogen-bond donors (Lipinski definition) is 2. The van der Waals surface area contributed by atoms with Gasteiger partial charge in [0.25, 0.3) is 0 Å². The standard InChI is InChI=1S/C32H58N2O2/c1-21(2)9-7-10-22(3)26-11-12-27-30-28(14-16-32(26,27)6)31(5)15-13-25(36-23(4)35)19-24(31)20-29(30)34-18-8-17-33/h21-22,24-30,34H,7-20,33H2,1-6H3/t22-,24-,25+,26-,27?,28?,29?,30?,31+,32-/m1/s1. The number of hydrogen-bond acceptors (Lipinski definition) is 4. The van der Waals surface area contributed by atoms with Crippen molar-refractivity contribution in [1.82, 2.24) is 5.32 Å². The van der Waals surface area contributed by atoms with E-state index in [0.29, 0.717) is 22.8 Å². The van der Waals surface area contributed by atoms with Crippen LogP contribution >= 0.6 is 0 Å². The second-order valence-corrected chi connectivity index (χ2v) is 14.5. The summed E-state index contributed by atoms with van der Waals surface area (Å²) >= 11 is 0. The Labute approximate surface area is 222 Å². The van der Waals surface area contributed by atoms with Crippen LogP contribution in [0.25, 0.3) is 0 Å². The van der Waals surface area contributed by atoms with Gasteiger partial charge in [0, 0.05) is 13.0 Å². The Morgan fingerprint density at radius 1 is 0.972 bits per heavy atom. The number of carbonyl (C=O) groups is 1. The van der Waals surface area contributed by atoms with Gasteiger partial charge < -0.3 is 15.8 Å². The molecule has 0 aromatic heterocycles. The first-order valence-electron chi connectivity index (χ1n) is 15.7. The zero-order valence-electron chi connectivity index (χ0n) is 24.5. The van der Waals surface area contributed by atoms with Crippen LogP contribution in [0.2, 0.25) is 0 Å². The third kappa shape index (κ3) is 5.56. The lowest BCUT2D eigenvalue weighted by molar-refractivity contribution is -0.164. The summed E-state index contributed by atoms with van der Waals surface area (Å²) in [6, 6.07) is 0.593. The molecule has 4 saturated carbocycles. The van der Waals surface area contributed by atoms with E-state index in [1.165, 1.54) is 57.8 Å². The lowest BCUT2D eigenvalue weighted by atomic mass is 9.43. The van der Waals surface area contributed by atoms with Crippen molar-refractivity contribution in [2.45, 2.75) is 131 Å². The van der Waals surface area contributed by atoms with Gasteiger partial charge in [0.15, 0.2) is 0 Å². The molecule has 0 radical (unpaired) electrons. The Balaban J connectivity index is 1.54. The summed E-state index contributed by atoms with van der Waals surface area (Å²) in [6.07, 6.45) is 15.7. The fraction of sp³-hybridized carbons (Fsp3) is 0.969. The number of nitrogens with one attached hydrogen (secondary N) is 1. The zero-order chi connectivity index (χ0) is 26.1. The quantitative estimate of drug-likeness (QED) is 0.250. The molecule has 10 atom stereocenters. The maximum atomic E-state index is 11.7. The lowest BCUT2D eigenvalue weighted by Gasteiger charge is -2.63. The van der Waals surface area contributed by atoms with E-state index in [1.807, 2.05) is 0 Å². The minimum absolute atomic E-state index is 0.108. The van der Waals surface area contributed by atoms with Crippen LogP contribution in [-0.4, -0.2) is 31.2 Å². The second kappa shape index (κ2) is 11.6. The van der Waals surface area contributed by atoms with E-state index in [-0.39, 0.29) is 12.1 Å². The van der Waals surface area contributed by atoms with Crippen LogP contribution in [0, 0.1) is 52.3 Å². The fourth-order valence-corrected chi connectivity index (χ4v) is 10.2. The number of ether oxygens (including phenoxy) is 1. The molecule has 208 valence electrons. The van der Waals surface area contributed by atoms with Crippen LogP contribution < -0.4 is 11.1 Å². The molecule has 36 heavy (non-hydrogen) atoms. The summed E-state index contributed by atoms with van der Waals surface area (Å²) in [5.74, 6) is 5.57. The lowest BCUT2D eigenvalue weighted by Crippen LogP contribution is -2.61. The molecular formula is C32H58N2O2. The smallest absolute Gasteiger partial charge is 0.302 e. The van der Waals surface area contributed by atoms with E-state index in [1.54, 1.807) is 6.92 Å². The molecule has 0 heterocycles. The summed E-state index contributed by atoms with van der Waals surface area (Å²) in [4.78, 5) is 11.7. The van der Waals surface area contributed by atoms with Crippen LogP contribution in [0.4, 0.5) is 0 Å². The van der Waals surface area contributed by atoms with Gasteiger partial charge in [-0.25, -0.2) is 0 Å². The van der Waals surface area contributed by atoms with Crippen molar-refractivity contribution in [3.8, 4) is 0 Å². The van der Waals surface area contributed by atoms with Gasteiger partial charge in [0.1, 0.15) is 6.10 Å². The van der Waals surface area contributed by atoms with Crippen molar-refractivity contribution in [2.24, 2.45) is 58.0 Å². The molecule has 4 aliphatic rings. The highest BCUT2D eigenvalue weighted by Gasteiger charge is 2.63. The molecule has 0 aliphatic heterocycles. The Morgan fingerprint density at radius 2 is 1.69 bits per heavy atom. The predicted molar refractivity (Wildman–Crippen MR) is 149 cm³/mol. The van der Waals surface area contributed by atoms with Crippen LogP contribution in [0.3, 0.4) is 0 Å². The first kappa shape index (κ1) is 28.4. The number of esters is 1. The van der Waals surface area contributed by atoms with Crippen molar-refractivity contribution in [1.29, 1.82) is 0 Å². The van der Waals surface area contributed by atoms with Gasteiger partial charge in [-0.3, -0.25) is 4.79 Å². The molecule has 4 unspecified atom stereocenters. The maximum absolute atomic E-state index is 11.7. The summed E-state index contributed by atoms with van der Waals surface area (Å²) in [5, 5.41) is 4.06. The molecule has 0 aromatic carbocycles. The van der Waals surface area contributed by atoms with Gasteiger partial charge in [-0.2, -0.15) is 0 Å². The highest BCUT2D eigenvalue weighted by Crippen LogP contribution is 2.68. The van der Waals surface area contributed by atoms with Crippen LogP contribution in [0.15, 0.2) is 0 Å². The van der Waals surface area contributed by atoms with Crippen molar-refractivity contribution < 1.29 is 9.53 Å². The van der Waals surface area contributed by atoms with E-state index in [4.69, 9.17) is 10.5 Å². The molecule has 0 saturated heterocycles. The maximum Gasteiger partial charge on any atom is 0.302 e. The summed E-state index contributed by atoms with van der Waals surface area (Å²) < 4.78 is 5.75. The molecule has 3 N–H and O–H groups in total. The highest BCUT2D eigenvalue weighted by molar-refractivity contribution is 5.66. The van der Waals surface area contributed by atoms with Gasteiger partial charge in [0.2, 0.25) is 0 Å². The fourth-order valence-electron chi connectivity index (χ4n) is 10.2. The minimum Gasteiger partial charge on any atom is -0.463 e. The molecule has 4 rings (SSSR count). The number of rotatable bonds is 10. The molecule has 4 fully saturated rings. The minimum atomic E-state index is -0.108. The van der Waals surface area contributed by atoms with Gasteiger partial charge in [0.05, 0.1) is 0 Å². The molecule has 4 heteroatoms. The summed E-state index contributed by atoms with van der Waals surface area (Å²) in [7, 11) is 0. The third-order valence-electron chi connectivity index (χ3n) is 12.0. The zero-order valence-corrected chi connectivity index (χ0v) is 24.5. The van der Waals surface area contributed by atoms with Crippen molar-refractivity contribution >= 4 is 5.97 Å². The largest absolute Gasteiger partial charge is 0.463 e. The molecule has 4 aliphatic carbocycles. The topological polar surface area (TPSA) is 64.3 Å². The molecular weight excluding hydrogens is 444 g/mol. The predicted octanol–water partition coefficient (Wildman–Crippen LogP) is 6.96. The first-order valence-corrected chi connectivity index (χ1v) is 15.7. The summed E-state index contributed by atoms with van der Waals surface area (Å²) in [5.41, 5.74) is 6.80. The third-order valence-corrected chi connectivity index (χ3v) is 12.0. The van der Waals surface area contributed by atoms with Gasteiger partial charge in [-0.05, 0) is 123 Å². The van der Waals surface area contributed by atoms with Gasteiger partial charge >= 0.3 is 5.97 Å². The monoisotopic (exact) mass is 502 g/mol. The molecule has 0 aromatic rings. The van der Waals surface area contributed by atoms with E-state index < -0.39 is 0 Å². The number of nitrogens with two attached hydrogens (primary N) is 1. The molecule has 4 nitrogen and oxygen atoms in total. The Kier molecular flexibility index (Phi) is 9.18. The molecule has 0 amide bonds. The average Bonchev–Trinajstić information content (AvgIpc) is 3.16. The normalized spacial score (nSPS) is 42.9. The number of fused-ring (bicyclic) bond motifs is 5. The van der Waals surface area contributed by atoms with Crippen molar-refractivity contribution in [2.75, 3.05) is 13.1 Å². The van der Waals surface area contributed by atoms with Crippen molar-refractivity contribution in [3.63, 3.8) is 0 Å². The van der Waals surface area contributed by atoms with Gasteiger partial charge in [-0.15, -0.1) is 0 Å². The van der Waals surface area contributed by atoms with Crippen molar-refractivity contribution in [3.05, 3.63) is 0 Å². The first-order chi connectivity index (χ1) is 17.1. The van der Waals surface area contributed by atoms with E-state index >= 15 is 0 Å².